The van der Waals surface area contributed by atoms with Crippen molar-refractivity contribution in [2.24, 2.45) is 12.0 Å². The zero-order valence-electron chi connectivity index (χ0n) is 12.8. The summed E-state index contributed by atoms with van der Waals surface area (Å²) in [4.78, 5) is 17.5. The maximum atomic E-state index is 12.5. The van der Waals surface area contributed by atoms with E-state index in [1.807, 2.05) is 29.7 Å². The highest BCUT2D eigenvalue weighted by Gasteiger charge is 2.14. The summed E-state index contributed by atoms with van der Waals surface area (Å²) in [7, 11) is 1.75. The van der Waals surface area contributed by atoms with Gasteiger partial charge in [0.1, 0.15) is 5.69 Å². The minimum absolute atomic E-state index is 0.286. The topological polar surface area (TPSA) is 52.2 Å². The van der Waals surface area contributed by atoms with E-state index in [1.54, 1.807) is 24.0 Å². The Hall–Kier alpha value is -1.99. The van der Waals surface area contributed by atoms with Crippen LogP contribution >= 0.6 is 27.3 Å². The molecule has 7 heteroatoms. The summed E-state index contributed by atoms with van der Waals surface area (Å²) in [6, 6.07) is 6.02. The van der Waals surface area contributed by atoms with Gasteiger partial charge in [0.25, 0.3) is 5.91 Å². The van der Waals surface area contributed by atoms with Crippen molar-refractivity contribution < 1.29 is 4.79 Å². The molecule has 0 bridgehead atoms. The van der Waals surface area contributed by atoms with Gasteiger partial charge in [-0.3, -0.25) is 9.48 Å². The number of amides is 1. The Morgan fingerprint density at radius 3 is 2.96 bits per heavy atom. The Balaban J connectivity index is 2.20. The highest BCUT2D eigenvalue weighted by Crippen LogP contribution is 2.22. The molecule has 1 amide bonds. The SMILES string of the molecule is C=CCn1c(=NC(=O)c2c(C)cnn2C)sc2cc(Br)ccc21. The summed E-state index contributed by atoms with van der Waals surface area (Å²) in [6.45, 7) is 6.24. The van der Waals surface area contributed by atoms with Gasteiger partial charge in [0.05, 0.1) is 16.4 Å². The van der Waals surface area contributed by atoms with Crippen LogP contribution in [0.4, 0.5) is 0 Å². The fraction of sp³-hybridized carbons (Fsp3) is 0.188. The molecular formula is C16H15BrN4OS. The summed E-state index contributed by atoms with van der Waals surface area (Å²) in [6.07, 6.45) is 3.47. The van der Waals surface area contributed by atoms with Crippen molar-refractivity contribution in [1.82, 2.24) is 14.3 Å². The molecule has 5 nitrogen and oxygen atoms in total. The van der Waals surface area contributed by atoms with Crippen LogP contribution in [0.15, 0.2) is 46.5 Å². The van der Waals surface area contributed by atoms with Gasteiger partial charge in [-0.2, -0.15) is 10.1 Å². The van der Waals surface area contributed by atoms with Crippen molar-refractivity contribution in [3.63, 3.8) is 0 Å². The minimum atomic E-state index is -0.286. The molecule has 0 spiro atoms. The van der Waals surface area contributed by atoms with Crippen LogP contribution in [0.5, 0.6) is 0 Å². The molecule has 23 heavy (non-hydrogen) atoms. The van der Waals surface area contributed by atoms with Crippen molar-refractivity contribution in [1.29, 1.82) is 0 Å². The lowest BCUT2D eigenvalue weighted by Crippen LogP contribution is -2.17. The highest BCUT2D eigenvalue weighted by molar-refractivity contribution is 9.10. The molecule has 0 atom stereocenters. The van der Waals surface area contributed by atoms with Crippen LogP contribution in [0.1, 0.15) is 16.1 Å². The van der Waals surface area contributed by atoms with E-state index < -0.39 is 0 Å². The van der Waals surface area contributed by atoms with Crippen LogP contribution in [0.2, 0.25) is 0 Å². The van der Waals surface area contributed by atoms with Crippen LogP contribution in [-0.2, 0) is 13.6 Å². The zero-order chi connectivity index (χ0) is 16.6. The highest BCUT2D eigenvalue weighted by atomic mass is 79.9. The van der Waals surface area contributed by atoms with E-state index in [-0.39, 0.29) is 5.91 Å². The van der Waals surface area contributed by atoms with E-state index in [2.05, 4.69) is 32.6 Å². The quantitative estimate of drug-likeness (QED) is 0.643. The molecule has 0 aliphatic rings. The standard InChI is InChI=1S/C16H15BrN4OS/c1-4-7-21-12-6-5-11(17)8-13(12)23-16(21)19-15(22)14-10(2)9-18-20(14)3/h4-6,8-9H,1,7H2,2-3H3. The lowest BCUT2D eigenvalue weighted by atomic mass is 10.3. The number of thiazole rings is 1. The molecular weight excluding hydrogens is 376 g/mol. The Morgan fingerprint density at radius 2 is 2.30 bits per heavy atom. The second kappa shape index (κ2) is 6.25. The molecule has 0 fully saturated rings. The third-order valence-electron chi connectivity index (χ3n) is 3.48. The molecule has 0 saturated heterocycles. The van der Waals surface area contributed by atoms with E-state index in [0.29, 0.717) is 17.0 Å². The molecule has 0 saturated carbocycles. The van der Waals surface area contributed by atoms with Crippen molar-refractivity contribution in [2.45, 2.75) is 13.5 Å². The van der Waals surface area contributed by atoms with Gasteiger partial charge in [-0.1, -0.05) is 33.3 Å². The molecule has 0 aliphatic carbocycles. The van der Waals surface area contributed by atoms with Crippen LogP contribution in [0.25, 0.3) is 10.2 Å². The van der Waals surface area contributed by atoms with Gasteiger partial charge in [0.2, 0.25) is 0 Å². The second-order valence-corrected chi connectivity index (χ2v) is 7.04. The number of carbonyl (C=O) groups is 1. The van der Waals surface area contributed by atoms with Crippen LogP contribution in [-0.4, -0.2) is 20.3 Å². The number of allylic oxidation sites excluding steroid dienone is 1. The number of aryl methyl sites for hydroxylation is 2. The lowest BCUT2D eigenvalue weighted by molar-refractivity contribution is 0.0988. The summed E-state index contributed by atoms with van der Waals surface area (Å²) in [5.41, 5.74) is 2.36. The van der Waals surface area contributed by atoms with E-state index in [1.165, 1.54) is 11.3 Å². The third-order valence-corrected chi connectivity index (χ3v) is 5.01. The molecule has 3 aromatic rings. The Labute approximate surface area is 145 Å². The molecule has 0 radical (unpaired) electrons. The first-order valence-electron chi connectivity index (χ1n) is 6.98. The van der Waals surface area contributed by atoms with Gasteiger partial charge in [-0.15, -0.1) is 6.58 Å². The number of rotatable bonds is 3. The van der Waals surface area contributed by atoms with Gasteiger partial charge in [0.15, 0.2) is 4.80 Å². The molecule has 3 rings (SSSR count). The van der Waals surface area contributed by atoms with Crippen molar-refractivity contribution in [2.75, 3.05) is 0 Å². The van der Waals surface area contributed by atoms with E-state index in [4.69, 9.17) is 0 Å². The first-order chi connectivity index (χ1) is 11.0. The Bertz CT molecular complexity index is 960. The average molecular weight is 391 g/mol. The number of fused-ring (bicyclic) bond motifs is 1. The number of halogens is 1. The predicted octanol–water partition coefficient (Wildman–Crippen LogP) is 3.43. The van der Waals surface area contributed by atoms with Crippen molar-refractivity contribution in [3.05, 3.63) is 57.6 Å². The molecule has 0 N–H and O–H groups in total. The monoisotopic (exact) mass is 390 g/mol. The minimum Gasteiger partial charge on any atom is -0.312 e. The second-order valence-electron chi connectivity index (χ2n) is 5.11. The van der Waals surface area contributed by atoms with E-state index in [0.717, 1.165) is 20.3 Å². The number of hydrogen-bond donors (Lipinski definition) is 0. The predicted molar refractivity (Wildman–Crippen MR) is 95.6 cm³/mol. The fourth-order valence-electron chi connectivity index (χ4n) is 2.43. The van der Waals surface area contributed by atoms with Crippen LogP contribution in [0, 0.1) is 6.92 Å². The molecule has 0 unspecified atom stereocenters. The number of hydrogen-bond acceptors (Lipinski definition) is 3. The summed E-state index contributed by atoms with van der Waals surface area (Å²) < 4.78 is 5.61. The van der Waals surface area contributed by atoms with Crippen LogP contribution < -0.4 is 4.80 Å². The number of aromatic nitrogens is 3. The number of carbonyl (C=O) groups excluding carboxylic acids is 1. The third kappa shape index (κ3) is 2.94. The van der Waals surface area contributed by atoms with Gasteiger partial charge >= 0.3 is 0 Å². The fourth-order valence-corrected chi connectivity index (χ4v) is 4.02. The van der Waals surface area contributed by atoms with Crippen molar-refractivity contribution >= 4 is 43.4 Å². The molecule has 0 aliphatic heterocycles. The van der Waals surface area contributed by atoms with Gasteiger partial charge in [-0.25, -0.2) is 0 Å². The maximum absolute atomic E-state index is 12.5. The van der Waals surface area contributed by atoms with Gasteiger partial charge in [-0.05, 0) is 25.1 Å². The van der Waals surface area contributed by atoms with Gasteiger partial charge < -0.3 is 4.57 Å². The van der Waals surface area contributed by atoms with Crippen molar-refractivity contribution in [3.8, 4) is 0 Å². The Morgan fingerprint density at radius 1 is 1.52 bits per heavy atom. The maximum Gasteiger partial charge on any atom is 0.298 e. The van der Waals surface area contributed by atoms with Gasteiger partial charge in [0, 0.05) is 23.6 Å². The first-order valence-corrected chi connectivity index (χ1v) is 8.59. The molecule has 1 aromatic carbocycles. The largest absolute Gasteiger partial charge is 0.312 e. The summed E-state index contributed by atoms with van der Waals surface area (Å²) in [5, 5.41) is 4.10. The number of benzene rings is 1. The lowest BCUT2D eigenvalue weighted by Gasteiger charge is -2.01. The number of nitrogens with zero attached hydrogens (tertiary/aromatic N) is 4. The molecule has 2 aromatic heterocycles. The van der Waals surface area contributed by atoms with Crippen LogP contribution in [0.3, 0.4) is 0 Å². The molecule has 2 heterocycles. The molecule has 118 valence electrons. The zero-order valence-corrected chi connectivity index (χ0v) is 15.2. The summed E-state index contributed by atoms with van der Waals surface area (Å²) in [5.74, 6) is -0.286. The van der Waals surface area contributed by atoms with E-state index in [9.17, 15) is 4.79 Å². The van der Waals surface area contributed by atoms with E-state index >= 15 is 0 Å². The normalized spacial score (nSPS) is 12.0. The average Bonchev–Trinajstić information content (AvgIpc) is 3.00. The summed E-state index contributed by atoms with van der Waals surface area (Å²) >= 11 is 4.96. The Kier molecular flexibility index (Phi) is 4.32. The smallest absolute Gasteiger partial charge is 0.298 e. The first kappa shape index (κ1) is 15.9.